The lowest BCUT2D eigenvalue weighted by molar-refractivity contribution is -0.119. The van der Waals surface area contributed by atoms with Crippen LogP contribution in [0.5, 0.6) is 5.75 Å². The lowest BCUT2D eigenvalue weighted by atomic mass is 10.3. The highest BCUT2D eigenvalue weighted by Crippen LogP contribution is 2.26. The summed E-state index contributed by atoms with van der Waals surface area (Å²) in [7, 11) is -4.14. The molecule has 0 aliphatic rings. The quantitative estimate of drug-likeness (QED) is 0.843. The van der Waals surface area contributed by atoms with Crippen LogP contribution in [0.4, 0.5) is 8.78 Å². The lowest BCUT2D eigenvalue weighted by Crippen LogP contribution is -2.18. The van der Waals surface area contributed by atoms with E-state index in [1.807, 2.05) is 0 Å². The van der Waals surface area contributed by atoms with E-state index < -0.39 is 21.8 Å². The van der Waals surface area contributed by atoms with Crippen LogP contribution in [-0.4, -0.2) is 14.3 Å². The Hall–Kier alpha value is -2.00. The largest absolute Gasteiger partial charge is 0.378 e. The van der Waals surface area contributed by atoms with Gasteiger partial charge in [-0.05, 0) is 24.3 Å². The normalized spacial score (nSPS) is 11.2. The fraction of sp³-hybridized carbons (Fsp3) is 0.154. The minimum absolute atomic E-state index is 0.0995. The summed E-state index contributed by atoms with van der Waals surface area (Å²) >= 11 is 0.913. The van der Waals surface area contributed by atoms with Gasteiger partial charge in [-0.3, -0.25) is 4.79 Å². The van der Waals surface area contributed by atoms with Gasteiger partial charge in [-0.15, -0.1) is 11.3 Å². The molecule has 0 aliphatic carbocycles. The van der Waals surface area contributed by atoms with Gasteiger partial charge in [-0.2, -0.15) is 8.42 Å². The molecule has 0 saturated carbocycles. The van der Waals surface area contributed by atoms with E-state index >= 15 is 0 Å². The molecule has 9 heteroatoms. The minimum atomic E-state index is -4.14. The van der Waals surface area contributed by atoms with Gasteiger partial charge < -0.3 is 9.50 Å². The molecule has 1 N–H and O–H groups in total. The summed E-state index contributed by atoms with van der Waals surface area (Å²) in [4.78, 5) is 11.4. The molecule has 118 valence electrons. The molecule has 1 heterocycles. The van der Waals surface area contributed by atoms with Crippen LogP contribution in [0.1, 0.15) is 11.8 Å². The van der Waals surface area contributed by atoms with E-state index in [-0.39, 0.29) is 22.4 Å². The third kappa shape index (κ3) is 4.01. The smallest absolute Gasteiger partial charge is 0.348 e. The number of carbonyl (C=O) groups excluding carboxylic acids is 1. The van der Waals surface area contributed by atoms with E-state index in [2.05, 4.69) is 5.32 Å². The zero-order valence-electron chi connectivity index (χ0n) is 11.3. The maximum atomic E-state index is 13.0. The van der Waals surface area contributed by atoms with E-state index in [0.29, 0.717) is 10.9 Å². The summed E-state index contributed by atoms with van der Waals surface area (Å²) in [6.07, 6.45) is 0. The Morgan fingerprint density at radius 2 is 1.95 bits per heavy atom. The van der Waals surface area contributed by atoms with Gasteiger partial charge in [-0.25, -0.2) is 8.78 Å². The zero-order chi connectivity index (χ0) is 16.3. The van der Waals surface area contributed by atoms with Crippen LogP contribution >= 0.6 is 11.3 Å². The van der Waals surface area contributed by atoms with E-state index in [1.54, 1.807) is 0 Å². The van der Waals surface area contributed by atoms with Crippen molar-refractivity contribution in [2.24, 2.45) is 0 Å². The predicted molar refractivity (Wildman–Crippen MR) is 76.0 cm³/mol. The van der Waals surface area contributed by atoms with Gasteiger partial charge in [0.2, 0.25) is 5.91 Å². The first-order valence-electron chi connectivity index (χ1n) is 6.00. The second-order valence-electron chi connectivity index (χ2n) is 4.24. The molecule has 0 aliphatic heterocycles. The van der Waals surface area contributed by atoms with Crippen LogP contribution < -0.4 is 9.50 Å². The van der Waals surface area contributed by atoms with Crippen molar-refractivity contribution in [3.8, 4) is 5.75 Å². The summed E-state index contributed by atoms with van der Waals surface area (Å²) < 4.78 is 54.6. The standard InChI is InChI=1S/C13H11F2NO4S2/c1-8(17)16-7-10-3-5-13(21-10)22(18,19)20-9-2-4-11(14)12(15)6-9/h2-6H,7H2,1H3,(H,16,17). The molecule has 0 spiro atoms. The second-order valence-corrected chi connectivity index (χ2v) is 7.19. The van der Waals surface area contributed by atoms with Crippen LogP contribution in [0.3, 0.4) is 0 Å². The topological polar surface area (TPSA) is 72.5 Å². The summed E-state index contributed by atoms with van der Waals surface area (Å²) in [5.41, 5.74) is 0. The van der Waals surface area contributed by atoms with Crippen molar-refractivity contribution in [2.75, 3.05) is 0 Å². The van der Waals surface area contributed by atoms with Crippen LogP contribution in [0.2, 0.25) is 0 Å². The molecule has 1 amide bonds. The molecule has 22 heavy (non-hydrogen) atoms. The van der Waals surface area contributed by atoms with Crippen LogP contribution in [0, 0.1) is 11.6 Å². The SMILES string of the molecule is CC(=O)NCc1ccc(S(=O)(=O)Oc2ccc(F)c(F)c2)s1. The third-order valence-corrected chi connectivity index (χ3v) is 5.27. The molecule has 0 fully saturated rings. The monoisotopic (exact) mass is 347 g/mol. The van der Waals surface area contributed by atoms with Crippen molar-refractivity contribution < 1.29 is 26.2 Å². The number of carbonyl (C=O) groups is 1. The average Bonchev–Trinajstić information content (AvgIpc) is 2.90. The number of hydrogen-bond acceptors (Lipinski definition) is 5. The zero-order valence-corrected chi connectivity index (χ0v) is 12.9. The molecule has 2 rings (SSSR count). The first-order valence-corrected chi connectivity index (χ1v) is 8.23. The van der Waals surface area contributed by atoms with Gasteiger partial charge in [0.1, 0.15) is 5.75 Å². The minimum Gasteiger partial charge on any atom is -0.378 e. The van der Waals surface area contributed by atoms with Gasteiger partial charge in [0, 0.05) is 17.9 Å². The third-order valence-electron chi connectivity index (χ3n) is 2.49. The first-order chi connectivity index (χ1) is 10.3. The van der Waals surface area contributed by atoms with E-state index in [0.717, 1.165) is 23.5 Å². The van der Waals surface area contributed by atoms with Crippen molar-refractivity contribution in [1.82, 2.24) is 5.32 Å². The molecule has 0 saturated heterocycles. The van der Waals surface area contributed by atoms with Gasteiger partial charge >= 0.3 is 10.1 Å². The molecule has 0 bridgehead atoms. The molecular weight excluding hydrogens is 336 g/mol. The fourth-order valence-electron chi connectivity index (χ4n) is 1.50. The Morgan fingerprint density at radius 3 is 2.59 bits per heavy atom. The fourth-order valence-corrected chi connectivity index (χ4v) is 3.68. The van der Waals surface area contributed by atoms with Gasteiger partial charge in [0.15, 0.2) is 15.8 Å². The highest BCUT2D eigenvalue weighted by Gasteiger charge is 2.20. The Morgan fingerprint density at radius 1 is 1.23 bits per heavy atom. The maximum absolute atomic E-state index is 13.0. The lowest BCUT2D eigenvalue weighted by Gasteiger charge is -2.05. The number of halogens is 2. The maximum Gasteiger partial charge on any atom is 0.348 e. The van der Waals surface area contributed by atoms with Crippen molar-refractivity contribution in [3.63, 3.8) is 0 Å². The van der Waals surface area contributed by atoms with Crippen LogP contribution in [0.15, 0.2) is 34.5 Å². The first kappa shape index (κ1) is 16.4. The number of hydrogen-bond donors (Lipinski definition) is 1. The van der Waals surface area contributed by atoms with Gasteiger partial charge in [-0.1, -0.05) is 0 Å². The summed E-state index contributed by atoms with van der Waals surface area (Å²) in [5.74, 6) is -2.87. The second kappa shape index (κ2) is 6.41. The molecule has 0 atom stereocenters. The molecule has 5 nitrogen and oxygen atoms in total. The Bertz CT molecular complexity index is 802. The number of benzene rings is 1. The highest BCUT2D eigenvalue weighted by atomic mass is 32.3. The van der Waals surface area contributed by atoms with Crippen molar-refractivity contribution in [2.45, 2.75) is 17.7 Å². The Labute approximate surface area is 129 Å². The molecule has 0 radical (unpaired) electrons. The van der Waals surface area contributed by atoms with Crippen LogP contribution in [-0.2, 0) is 21.5 Å². The molecule has 2 aromatic rings. The number of thiophene rings is 1. The van der Waals surface area contributed by atoms with Crippen molar-refractivity contribution >= 4 is 27.4 Å². The number of nitrogens with one attached hydrogen (secondary N) is 1. The van der Waals surface area contributed by atoms with E-state index in [9.17, 15) is 22.0 Å². The summed E-state index contributed by atoms with van der Waals surface area (Å²) in [5, 5.41) is 2.53. The summed E-state index contributed by atoms with van der Waals surface area (Å²) in [6, 6.07) is 5.29. The number of amides is 1. The van der Waals surface area contributed by atoms with Crippen LogP contribution in [0.25, 0.3) is 0 Å². The van der Waals surface area contributed by atoms with Crippen molar-refractivity contribution in [1.29, 1.82) is 0 Å². The Kier molecular flexibility index (Phi) is 4.77. The molecular formula is C13H11F2NO4S2. The number of rotatable bonds is 5. The molecule has 1 aromatic heterocycles. The molecule has 0 unspecified atom stereocenters. The Balaban J connectivity index is 2.16. The summed E-state index contributed by atoms with van der Waals surface area (Å²) in [6.45, 7) is 1.54. The van der Waals surface area contributed by atoms with E-state index in [1.165, 1.54) is 19.1 Å². The highest BCUT2D eigenvalue weighted by molar-refractivity contribution is 7.89. The predicted octanol–water partition coefficient (Wildman–Crippen LogP) is 2.43. The average molecular weight is 347 g/mol. The van der Waals surface area contributed by atoms with E-state index in [4.69, 9.17) is 4.18 Å². The van der Waals surface area contributed by atoms with Gasteiger partial charge in [0.05, 0.1) is 6.54 Å². The van der Waals surface area contributed by atoms with Crippen molar-refractivity contribution in [3.05, 3.63) is 46.8 Å². The molecule has 1 aromatic carbocycles. The van der Waals surface area contributed by atoms with Gasteiger partial charge in [0.25, 0.3) is 0 Å².